The Bertz CT molecular complexity index is 414. The fourth-order valence-electron chi connectivity index (χ4n) is 1.19. The third kappa shape index (κ3) is 2.92. The zero-order valence-corrected chi connectivity index (χ0v) is 8.70. The number of anilines is 1. The zero-order chi connectivity index (χ0) is 10.5. The van der Waals surface area contributed by atoms with Crippen LogP contribution >= 0.6 is 11.6 Å². The zero-order valence-electron chi connectivity index (χ0n) is 7.94. The highest BCUT2D eigenvalue weighted by molar-refractivity contribution is 6.29. The van der Waals surface area contributed by atoms with Crippen LogP contribution in [0.1, 0.15) is 5.82 Å². The summed E-state index contributed by atoms with van der Waals surface area (Å²) in [5.41, 5.74) is 0.953. The molecule has 0 radical (unpaired) electrons. The number of halogens is 1. The third-order valence-corrected chi connectivity index (χ3v) is 2.09. The lowest BCUT2D eigenvalue weighted by molar-refractivity contribution is 0.901. The van der Waals surface area contributed by atoms with Gasteiger partial charge in [0.2, 0.25) is 0 Å². The maximum atomic E-state index is 5.74. The van der Waals surface area contributed by atoms with E-state index in [4.69, 9.17) is 11.6 Å². The summed E-state index contributed by atoms with van der Waals surface area (Å²) in [6.07, 6.45) is 3.96. The van der Waals surface area contributed by atoms with Crippen molar-refractivity contribution in [2.45, 2.75) is 6.42 Å². The van der Waals surface area contributed by atoms with Crippen LogP contribution in [0.4, 0.5) is 5.69 Å². The number of rotatable bonds is 4. The molecule has 78 valence electrons. The molecule has 2 aromatic heterocycles. The fourth-order valence-corrected chi connectivity index (χ4v) is 1.36. The van der Waals surface area contributed by atoms with E-state index in [1.165, 1.54) is 6.33 Å². The molecule has 2 heterocycles. The van der Waals surface area contributed by atoms with Crippen molar-refractivity contribution < 1.29 is 0 Å². The van der Waals surface area contributed by atoms with E-state index in [1.807, 2.05) is 6.07 Å². The van der Waals surface area contributed by atoms with Gasteiger partial charge in [-0.2, -0.15) is 5.10 Å². The molecule has 0 aliphatic carbocycles. The summed E-state index contributed by atoms with van der Waals surface area (Å²) in [5, 5.41) is 10.3. The van der Waals surface area contributed by atoms with E-state index in [1.54, 1.807) is 12.3 Å². The molecule has 0 saturated carbocycles. The smallest absolute Gasteiger partial charge is 0.137 e. The lowest BCUT2D eigenvalue weighted by atomic mass is 10.3. The Morgan fingerprint density at radius 1 is 1.40 bits per heavy atom. The number of pyridine rings is 1. The van der Waals surface area contributed by atoms with Gasteiger partial charge in [0.1, 0.15) is 17.3 Å². The van der Waals surface area contributed by atoms with Crippen LogP contribution in [0.15, 0.2) is 24.7 Å². The van der Waals surface area contributed by atoms with Gasteiger partial charge in [0.15, 0.2) is 0 Å². The van der Waals surface area contributed by atoms with Crippen molar-refractivity contribution in [1.82, 2.24) is 20.2 Å². The number of hydrogen-bond acceptors (Lipinski definition) is 4. The molecule has 0 aliphatic heterocycles. The summed E-state index contributed by atoms with van der Waals surface area (Å²) in [6, 6.07) is 3.65. The predicted octanol–water partition coefficient (Wildman–Crippen LogP) is 1.51. The second-order valence-electron chi connectivity index (χ2n) is 2.98. The largest absolute Gasteiger partial charge is 0.384 e. The van der Waals surface area contributed by atoms with Gasteiger partial charge in [0.05, 0.1) is 0 Å². The minimum Gasteiger partial charge on any atom is -0.384 e. The van der Waals surface area contributed by atoms with E-state index in [-0.39, 0.29) is 0 Å². The van der Waals surface area contributed by atoms with Crippen molar-refractivity contribution in [1.29, 1.82) is 0 Å². The molecule has 6 heteroatoms. The normalized spacial score (nSPS) is 10.2. The number of nitrogens with one attached hydrogen (secondary N) is 2. The average Bonchev–Trinajstić information content (AvgIpc) is 2.71. The summed E-state index contributed by atoms with van der Waals surface area (Å²) in [5.74, 6) is 0.864. The molecule has 0 fully saturated rings. The highest BCUT2D eigenvalue weighted by Crippen LogP contribution is 2.11. The first-order chi connectivity index (χ1) is 7.34. The average molecular weight is 224 g/mol. The molecule has 2 aromatic rings. The molecule has 15 heavy (non-hydrogen) atoms. The Kier molecular flexibility index (Phi) is 3.14. The van der Waals surface area contributed by atoms with Crippen molar-refractivity contribution in [2.75, 3.05) is 11.9 Å². The summed E-state index contributed by atoms with van der Waals surface area (Å²) >= 11 is 5.74. The van der Waals surface area contributed by atoms with Gasteiger partial charge in [0, 0.05) is 24.8 Å². The first kappa shape index (κ1) is 9.92. The Morgan fingerprint density at radius 3 is 3.07 bits per heavy atom. The van der Waals surface area contributed by atoms with E-state index < -0.39 is 0 Å². The van der Waals surface area contributed by atoms with Gasteiger partial charge in [-0.3, -0.25) is 5.10 Å². The first-order valence-electron chi connectivity index (χ1n) is 4.54. The Labute approximate surface area is 91.9 Å². The van der Waals surface area contributed by atoms with Crippen LogP contribution in [0.5, 0.6) is 0 Å². The minimum atomic E-state index is 0.486. The van der Waals surface area contributed by atoms with Crippen LogP contribution in [0.2, 0.25) is 5.15 Å². The molecule has 0 unspecified atom stereocenters. The summed E-state index contributed by atoms with van der Waals surface area (Å²) in [7, 11) is 0. The van der Waals surface area contributed by atoms with Crippen molar-refractivity contribution in [3.8, 4) is 0 Å². The van der Waals surface area contributed by atoms with Crippen LogP contribution in [-0.2, 0) is 6.42 Å². The number of aromatic nitrogens is 4. The van der Waals surface area contributed by atoms with Crippen LogP contribution in [0, 0.1) is 0 Å². The third-order valence-electron chi connectivity index (χ3n) is 1.88. The van der Waals surface area contributed by atoms with Gasteiger partial charge < -0.3 is 5.32 Å². The highest BCUT2D eigenvalue weighted by Gasteiger charge is 1.96. The molecule has 0 atom stereocenters. The first-order valence-corrected chi connectivity index (χ1v) is 4.92. The Hall–Kier alpha value is -1.62. The fraction of sp³-hybridized carbons (Fsp3) is 0.222. The van der Waals surface area contributed by atoms with Crippen molar-refractivity contribution in [3.05, 3.63) is 35.6 Å². The van der Waals surface area contributed by atoms with Gasteiger partial charge in [-0.25, -0.2) is 9.97 Å². The van der Waals surface area contributed by atoms with E-state index in [2.05, 4.69) is 25.5 Å². The van der Waals surface area contributed by atoms with Gasteiger partial charge >= 0.3 is 0 Å². The molecule has 0 saturated heterocycles. The molecule has 2 rings (SSSR count). The molecule has 0 bridgehead atoms. The van der Waals surface area contributed by atoms with Crippen molar-refractivity contribution in [2.24, 2.45) is 0 Å². The molecular formula is C9H10ClN5. The van der Waals surface area contributed by atoms with E-state index in [9.17, 15) is 0 Å². The Balaban J connectivity index is 1.83. The second-order valence-corrected chi connectivity index (χ2v) is 3.36. The van der Waals surface area contributed by atoms with E-state index >= 15 is 0 Å². The number of nitrogens with zero attached hydrogens (tertiary/aromatic N) is 3. The standard InChI is InChI=1S/C9H10ClN5/c10-8-5-7(1-3-12-8)11-4-2-9-13-6-14-15-9/h1,3,5-6H,2,4H2,(H,11,12)(H,13,14,15). The maximum absolute atomic E-state index is 5.74. The highest BCUT2D eigenvalue weighted by atomic mass is 35.5. The van der Waals surface area contributed by atoms with Crippen molar-refractivity contribution in [3.63, 3.8) is 0 Å². The molecule has 5 nitrogen and oxygen atoms in total. The second kappa shape index (κ2) is 4.75. The van der Waals surface area contributed by atoms with Crippen LogP contribution in [0.25, 0.3) is 0 Å². The van der Waals surface area contributed by atoms with Crippen molar-refractivity contribution >= 4 is 17.3 Å². The Morgan fingerprint density at radius 2 is 2.33 bits per heavy atom. The van der Waals surface area contributed by atoms with Gasteiger partial charge in [-0.15, -0.1) is 0 Å². The van der Waals surface area contributed by atoms with Crippen LogP contribution in [-0.4, -0.2) is 26.7 Å². The van der Waals surface area contributed by atoms with Crippen LogP contribution in [0.3, 0.4) is 0 Å². The minimum absolute atomic E-state index is 0.486. The molecule has 2 N–H and O–H groups in total. The molecular weight excluding hydrogens is 214 g/mol. The molecule has 0 amide bonds. The number of aromatic amines is 1. The summed E-state index contributed by atoms with van der Waals surface area (Å²) in [6.45, 7) is 0.773. The monoisotopic (exact) mass is 223 g/mol. The van der Waals surface area contributed by atoms with Gasteiger partial charge in [-0.05, 0) is 12.1 Å². The lowest BCUT2D eigenvalue weighted by Gasteiger charge is -2.04. The SMILES string of the molecule is Clc1cc(NCCc2ncn[nH]2)ccn1. The number of H-pyrrole nitrogens is 1. The van der Waals surface area contributed by atoms with Gasteiger partial charge in [-0.1, -0.05) is 11.6 Å². The summed E-state index contributed by atoms with van der Waals surface area (Å²) < 4.78 is 0. The molecule has 0 spiro atoms. The molecule has 0 aromatic carbocycles. The topological polar surface area (TPSA) is 66.5 Å². The maximum Gasteiger partial charge on any atom is 0.137 e. The summed E-state index contributed by atoms with van der Waals surface area (Å²) in [4.78, 5) is 7.91. The van der Waals surface area contributed by atoms with Gasteiger partial charge in [0.25, 0.3) is 0 Å². The van der Waals surface area contributed by atoms with Crippen LogP contribution < -0.4 is 5.32 Å². The lowest BCUT2D eigenvalue weighted by Crippen LogP contribution is -2.06. The van der Waals surface area contributed by atoms with E-state index in [0.29, 0.717) is 5.15 Å². The quantitative estimate of drug-likeness (QED) is 0.771. The van der Waals surface area contributed by atoms with E-state index in [0.717, 1.165) is 24.5 Å². The predicted molar refractivity (Wildman–Crippen MR) is 57.8 cm³/mol. The molecule has 0 aliphatic rings. The number of hydrogen-bond donors (Lipinski definition) is 2.